The van der Waals surface area contributed by atoms with Gasteiger partial charge in [-0.1, -0.05) is 390 Å². The topological polar surface area (TPSA) is 35.2 Å². The molecule has 4 aromatic heterocycles. The van der Waals surface area contributed by atoms with Crippen LogP contribution >= 0.6 is 0 Å². The number of aromatic nitrogens is 8. The highest BCUT2D eigenvalue weighted by Crippen LogP contribution is 2.49. The summed E-state index contributed by atoms with van der Waals surface area (Å²) in [4.78, 5) is 0. The minimum absolute atomic E-state index is 0.359. The van der Waals surface area contributed by atoms with Gasteiger partial charge < -0.3 is 0 Å². The first kappa shape index (κ1) is 91.1. The molecule has 8 nitrogen and oxygen atoms in total. The Morgan fingerprint density at radius 2 is 0.471 bits per heavy atom. The smallest absolute Gasteiger partial charge is 0.225 e. The summed E-state index contributed by atoms with van der Waals surface area (Å²) in [6, 6.07) is 115. The zero-order valence-electron chi connectivity index (χ0n) is 82.5. The van der Waals surface area contributed by atoms with Crippen molar-refractivity contribution < 1.29 is 18.3 Å². The van der Waals surface area contributed by atoms with E-state index in [0.717, 1.165) is 51.9 Å². The van der Waals surface area contributed by atoms with Crippen molar-refractivity contribution in [3.63, 3.8) is 0 Å². The lowest BCUT2D eigenvalue weighted by Gasteiger charge is -2.25. The van der Waals surface area contributed by atoms with Gasteiger partial charge in [-0.05, 0) is 182 Å². The predicted molar refractivity (Wildman–Crippen MR) is 565 cm³/mol. The molecule has 0 N–H and O–H groups in total. The van der Waals surface area contributed by atoms with Gasteiger partial charge in [0.2, 0.25) is 0 Å². The van der Waals surface area contributed by atoms with Crippen LogP contribution in [0.2, 0.25) is 0 Å². The monoisotopic (exact) mass is 1780 g/mol. The molecule has 0 saturated carbocycles. The van der Waals surface area contributed by atoms with Gasteiger partial charge >= 0.3 is 0 Å². The lowest BCUT2D eigenvalue weighted by atomic mass is 9.81. The Kier molecular flexibility index (Phi) is 26.4. The first-order valence-corrected chi connectivity index (χ1v) is 50.0. The molecule has 0 spiro atoms. The lowest BCUT2D eigenvalue weighted by Crippen LogP contribution is -2.30. The predicted octanol–water partition coefficient (Wildman–Crippen LogP) is 30.5. The van der Waals surface area contributed by atoms with Gasteiger partial charge in [0.25, 0.3) is 23.3 Å². The van der Waals surface area contributed by atoms with Crippen LogP contribution in [-0.4, -0.2) is 18.3 Å². The number of nitrogens with zero attached hydrogens (tertiary/aromatic N) is 8. The highest BCUT2D eigenvalue weighted by atomic mass is 15.2. The van der Waals surface area contributed by atoms with Gasteiger partial charge in [0.1, 0.15) is 98.5 Å². The lowest BCUT2D eigenvalue weighted by molar-refractivity contribution is -0.671. The van der Waals surface area contributed by atoms with Crippen LogP contribution in [0.15, 0.2) is 365 Å². The van der Waals surface area contributed by atoms with Gasteiger partial charge in [-0.15, -0.1) is 0 Å². The highest BCUT2D eigenvalue weighted by Gasteiger charge is 2.40. The fourth-order valence-electron chi connectivity index (χ4n) is 22.1. The largest absolute Gasteiger partial charge is 0.294 e. The minimum atomic E-state index is 0.359. The standard InChI is InChI=1S/C36H37N2.C34H33N2.C30H33N2.C28H29N2/c1-25(2)21-33-31(27-13-7-5-8-14-27)23-32(28-15-9-6-10-16-28)34(22-26(3)4)35(33)38-20-19-37-24-29-17-11-12-18-30(29)36(37)38;1-23(2)31-29(25-13-7-5-8-14-25)21-30(26-15-9-6-10-16-26)32(24(3)4)33(31)36-20-19-35-22-27-17-11-12-18-28(27)34(35)36;1-21(2)18-24-14-15-26(23-10-6-5-7-11-23)28(19-22(3)4)29(24)32-17-16-31-20-25-12-8-9-13-27(25)30(31)32;1-19(2)23-14-15-24(21-10-6-5-7-11-21)26(20(3)4)27(23)30-17-16-29-18-22-12-8-9-13-25(22)28(29)30/h5-20,23,25-26H,21-22,24H2,1-4H3;5-21,23-24H,22H2,1-4H3;5-17,21-22H,18-20H2,1-4H3;5-17,19-20H,18H2,1-4H3/q4*+1. The molecule has 0 fully saturated rings. The number of hydrogen-bond acceptors (Lipinski definition) is 0. The minimum Gasteiger partial charge on any atom is -0.225 e. The summed E-state index contributed by atoms with van der Waals surface area (Å²) in [7, 11) is 0. The fourth-order valence-corrected chi connectivity index (χ4v) is 22.1. The molecule has 0 unspecified atom stereocenters. The molecule has 18 aromatic rings. The van der Waals surface area contributed by atoms with Crippen molar-refractivity contribution in [2.45, 2.75) is 186 Å². The Bertz CT molecular complexity index is 7170. The molecule has 4 aliphatic heterocycles. The van der Waals surface area contributed by atoms with Gasteiger partial charge in [-0.3, -0.25) is 0 Å². The maximum absolute atomic E-state index is 2.51. The third kappa shape index (κ3) is 17.9. The second kappa shape index (κ2) is 39.5. The molecule has 4 aliphatic rings. The van der Waals surface area contributed by atoms with E-state index in [1.165, 1.54) is 202 Å². The zero-order valence-corrected chi connectivity index (χ0v) is 82.5. The second-order valence-corrected chi connectivity index (χ2v) is 40.8. The molecule has 0 bridgehead atoms. The quantitative estimate of drug-likeness (QED) is 0.0606. The van der Waals surface area contributed by atoms with Gasteiger partial charge in [0.15, 0.2) is 0 Å². The molecule has 14 aromatic carbocycles. The van der Waals surface area contributed by atoms with Gasteiger partial charge in [0.05, 0.1) is 22.3 Å². The van der Waals surface area contributed by atoms with Crippen molar-refractivity contribution in [2.75, 3.05) is 0 Å². The number of imidazole rings is 4. The van der Waals surface area contributed by atoms with E-state index in [0.29, 0.717) is 47.3 Å². The number of hydrogen-bond donors (Lipinski definition) is 0. The summed E-state index contributed by atoms with van der Waals surface area (Å²) < 4.78 is 19.5. The maximum atomic E-state index is 2.51. The van der Waals surface area contributed by atoms with Gasteiger partial charge in [-0.2, -0.15) is 18.3 Å². The molecule has 0 saturated heterocycles. The van der Waals surface area contributed by atoms with Crippen LogP contribution in [-0.2, 0) is 51.9 Å². The average Bonchev–Trinajstić information content (AvgIpc) is 1.56. The van der Waals surface area contributed by atoms with E-state index in [2.05, 4.69) is 512 Å². The highest BCUT2D eigenvalue weighted by molar-refractivity contribution is 5.88. The Balaban J connectivity index is 0.000000117. The molecule has 0 atom stereocenters. The molecule has 8 heterocycles. The van der Waals surface area contributed by atoms with Crippen LogP contribution in [0.3, 0.4) is 0 Å². The zero-order chi connectivity index (χ0) is 94.1. The number of fused-ring (bicyclic) bond motifs is 12. The first-order valence-electron chi connectivity index (χ1n) is 50.0. The van der Waals surface area contributed by atoms with Crippen LogP contribution in [0.4, 0.5) is 0 Å². The van der Waals surface area contributed by atoms with Crippen molar-refractivity contribution >= 4 is 0 Å². The SMILES string of the molecule is CC(C)Cc1c(-c2ccccc2)cc(-c2ccccc2)c(CC(C)C)c1-n1cc[n+]2c1-c1ccccc1C2.CC(C)Cc1ccc(-c2ccccc2)c(CC(C)C)c1-n1cc[n+]2c1-c1ccccc1C2.CC(C)c1c(-c2ccccc2)cc(-c2ccccc2)c(C(C)C)c1-n1cc[n+]2c1-c1ccccc1C2.CC(C)c1ccc(-c2ccccc2)c(C(C)C)c1-n1cc[n+]2c1-c1ccccc1C2. The van der Waals surface area contributed by atoms with Crippen molar-refractivity contribution in [3.8, 4) is 135 Å². The van der Waals surface area contributed by atoms with Crippen LogP contribution < -0.4 is 18.3 Å². The van der Waals surface area contributed by atoms with E-state index in [-0.39, 0.29) is 0 Å². The number of benzene rings is 14. The van der Waals surface area contributed by atoms with Crippen molar-refractivity contribution in [1.29, 1.82) is 0 Å². The summed E-state index contributed by atoms with van der Waals surface area (Å²) in [6.07, 6.45) is 22.3. The second-order valence-electron chi connectivity index (χ2n) is 40.8. The summed E-state index contributed by atoms with van der Waals surface area (Å²) in [5.41, 5.74) is 43.6. The maximum Gasteiger partial charge on any atom is 0.294 e. The fraction of sp³-hybridized carbons (Fsp3) is 0.250. The third-order valence-corrected chi connectivity index (χ3v) is 27.8. The van der Waals surface area contributed by atoms with Crippen molar-refractivity contribution in [2.24, 2.45) is 23.7 Å². The van der Waals surface area contributed by atoms with Crippen molar-refractivity contribution in [3.05, 3.63) is 432 Å². The van der Waals surface area contributed by atoms with E-state index < -0.39 is 0 Å². The van der Waals surface area contributed by atoms with E-state index in [1.54, 1.807) is 0 Å². The normalized spacial score (nSPS) is 12.4. The van der Waals surface area contributed by atoms with Crippen LogP contribution in [0.1, 0.15) is 201 Å². The van der Waals surface area contributed by atoms with E-state index in [1.807, 2.05) is 0 Å². The van der Waals surface area contributed by atoms with E-state index in [9.17, 15) is 0 Å². The van der Waals surface area contributed by atoms with Crippen molar-refractivity contribution in [1.82, 2.24) is 18.3 Å². The summed E-state index contributed by atoms with van der Waals surface area (Å²) in [5.74, 6) is 8.99. The Morgan fingerprint density at radius 1 is 0.213 bits per heavy atom. The molecule has 22 rings (SSSR count). The molecular weight excluding hydrogens is 1650 g/mol. The Morgan fingerprint density at radius 3 is 0.794 bits per heavy atom. The molecule has 8 heteroatoms. The average molecular weight is 1780 g/mol. The Hall–Kier alpha value is -14.1. The van der Waals surface area contributed by atoms with Crippen LogP contribution in [0, 0.1) is 23.7 Å². The van der Waals surface area contributed by atoms with E-state index in [4.69, 9.17) is 0 Å². The number of rotatable bonds is 22. The first-order chi connectivity index (χ1) is 66.1. The molecular formula is C128H132N8+4. The molecule has 680 valence electrons. The van der Waals surface area contributed by atoms with Gasteiger partial charge in [-0.25, -0.2) is 18.3 Å². The molecule has 136 heavy (non-hydrogen) atoms. The van der Waals surface area contributed by atoms with Crippen LogP contribution in [0.25, 0.3) is 135 Å². The van der Waals surface area contributed by atoms with Crippen LogP contribution in [0.5, 0.6) is 0 Å². The summed E-state index contributed by atoms with van der Waals surface area (Å²) in [5, 5.41) is 0. The molecule has 0 amide bonds. The molecule has 0 radical (unpaired) electrons. The molecule has 0 aliphatic carbocycles. The third-order valence-electron chi connectivity index (χ3n) is 27.8. The summed E-state index contributed by atoms with van der Waals surface area (Å²) in [6.45, 7) is 41.0. The Labute approximate surface area is 807 Å². The van der Waals surface area contributed by atoms with E-state index >= 15 is 0 Å². The summed E-state index contributed by atoms with van der Waals surface area (Å²) >= 11 is 0. The van der Waals surface area contributed by atoms with Gasteiger partial charge in [0, 0.05) is 61.2 Å².